The van der Waals surface area contributed by atoms with Crippen LogP contribution in [0.3, 0.4) is 0 Å². The van der Waals surface area contributed by atoms with E-state index < -0.39 is 0 Å². The van der Waals surface area contributed by atoms with E-state index in [0.29, 0.717) is 5.15 Å². The molecule has 1 aromatic heterocycles. The molecule has 1 aliphatic heterocycles. The number of morpholine rings is 1. The van der Waals surface area contributed by atoms with Gasteiger partial charge in [0.15, 0.2) is 0 Å². The first-order valence-electron chi connectivity index (χ1n) is 6.12. The molecular formula is C14H15ClN2O. The van der Waals surface area contributed by atoms with E-state index in [1.165, 1.54) is 5.56 Å². The predicted octanol–water partition coefficient (Wildman–Crippen LogP) is 2.86. The van der Waals surface area contributed by atoms with Crippen LogP contribution < -0.4 is 5.32 Å². The number of hydrogen-bond donors (Lipinski definition) is 1. The Morgan fingerprint density at radius 2 is 2.28 bits per heavy atom. The molecule has 2 heterocycles. The van der Waals surface area contributed by atoms with Gasteiger partial charge in [-0.1, -0.05) is 17.7 Å². The fraction of sp³-hybridized carbons (Fsp3) is 0.357. The summed E-state index contributed by atoms with van der Waals surface area (Å²) in [6, 6.07) is 8.63. The van der Waals surface area contributed by atoms with E-state index in [1.807, 2.05) is 13.0 Å². The number of nitrogens with one attached hydrogen (secondary N) is 1. The molecule has 0 spiro atoms. The quantitative estimate of drug-likeness (QED) is 0.803. The van der Waals surface area contributed by atoms with Crippen molar-refractivity contribution in [1.82, 2.24) is 10.3 Å². The van der Waals surface area contributed by atoms with E-state index in [4.69, 9.17) is 16.3 Å². The summed E-state index contributed by atoms with van der Waals surface area (Å²) in [5.74, 6) is 0. The maximum absolute atomic E-state index is 6.03. The molecule has 1 aromatic carbocycles. The van der Waals surface area contributed by atoms with Gasteiger partial charge in [0.25, 0.3) is 0 Å². The number of aromatic nitrogens is 1. The number of hydrogen-bond acceptors (Lipinski definition) is 3. The molecule has 0 bridgehead atoms. The molecule has 1 aliphatic rings. The fourth-order valence-corrected chi connectivity index (χ4v) is 2.42. The second-order valence-corrected chi connectivity index (χ2v) is 4.99. The van der Waals surface area contributed by atoms with Gasteiger partial charge in [0.1, 0.15) is 5.15 Å². The van der Waals surface area contributed by atoms with Crippen molar-refractivity contribution in [2.75, 3.05) is 19.8 Å². The van der Waals surface area contributed by atoms with Crippen LogP contribution in [0.5, 0.6) is 0 Å². The number of benzene rings is 1. The van der Waals surface area contributed by atoms with Gasteiger partial charge in [0, 0.05) is 11.9 Å². The second-order valence-electron chi connectivity index (χ2n) is 4.63. The van der Waals surface area contributed by atoms with Crippen LogP contribution in [-0.4, -0.2) is 24.7 Å². The smallest absolute Gasteiger partial charge is 0.132 e. The minimum absolute atomic E-state index is 0.277. The maximum atomic E-state index is 6.03. The van der Waals surface area contributed by atoms with Crippen molar-refractivity contribution >= 4 is 22.5 Å². The van der Waals surface area contributed by atoms with Crippen molar-refractivity contribution in [2.24, 2.45) is 0 Å². The van der Waals surface area contributed by atoms with E-state index in [2.05, 4.69) is 28.5 Å². The molecule has 18 heavy (non-hydrogen) atoms. The average molecular weight is 263 g/mol. The van der Waals surface area contributed by atoms with Crippen molar-refractivity contribution in [3.63, 3.8) is 0 Å². The minimum atomic E-state index is 0.277. The van der Waals surface area contributed by atoms with Gasteiger partial charge >= 0.3 is 0 Å². The molecule has 1 fully saturated rings. The molecule has 1 unspecified atom stereocenters. The number of rotatable bonds is 1. The van der Waals surface area contributed by atoms with Crippen LogP contribution in [0.15, 0.2) is 24.3 Å². The molecule has 94 valence electrons. The summed E-state index contributed by atoms with van der Waals surface area (Å²) >= 11 is 6.03. The van der Waals surface area contributed by atoms with Crippen molar-refractivity contribution in [1.29, 1.82) is 0 Å². The Kier molecular flexibility index (Phi) is 3.20. The number of fused-ring (bicyclic) bond motifs is 1. The van der Waals surface area contributed by atoms with E-state index in [-0.39, 0.29) is 6.04 Å². The Labute approximate surface area is 111 Å². The molecule has 1 N–H and O–H groups in total. The van der Waals surface area contributed by atoms with Crippen LogP contribution in [0.2, 0.25) is 5.15 Å². The van der Waals surface area contributed by atoms with Gasteiger partial charge in [-0.3, -0.25) is 0 Å². The highest BCUT2D eigenvalue weighted by Crippen LogP contribution is 2.24. The Morgan fingerprint density at radius 1 is 1.39 bits per heavy atom. The molecular weight excluding hydrogens is 248 g/mol. The fourth-order valence-electron chi connectivity index (χ4n) is 2.27. The van der Waals surface area contributed by atoms with Crippen molar-refractivity contribution < 1.29 is 4.74 Å². The largest absolute Gasteiger partial charge is 0.378 e. The molecule has 0 amide bonds. The van der Waals surface area contributed by atoms with Gasteiger partial charge in [-0.15, -0.1) is 0 Å². The van der Waals surface area contributed by atoms with Crippen LogP contribution in [0, 0.1) is 6.92 Å². The molecule has 1 atom stereocenters. The first kappa shape index (κ1) is 11.9. The van der Waals surface area contributed by atoms with Gasteiger partial charge in [0.2, 0.25) is 0 Å². The highest BCUT2D eigenvalue weighted by Gasteiger charge is 2.15. The first-order chi connectivity index (χ1) is 8.74. The standard InChI is InChI=1S/C14H15ClN2O/c1-9-6-11-7-10(13-8-18-5-4-16-13)2-3-12(11)17-14(9)15/h2-3,6-7,13,16H,4-5,8H2,1H3. The summed E-state index contributed by atoms with van der Waals surface area (Å²) in [6.07, 6.45) is 0. The third-order valence-electron chi connectivity index (χ3n) is 3.29. The molecule has 2 aromatic rings. The van der Waals surface area contributed by atoms with E-state index in [1.54, 1.807) is 0 Å². The Bertz CT molecular complexity index is 579. The summed E-state index contributed by atoms with van der Waals surface area (Å²) < 4.78 is 5.49. The number of pyridine rings is 1. The maximum Gasteiger partial charge on any atom is 0.132 e. The summed E-state index contributed by atoms with van der Waals surface area (Å²) in [7, 11) is 0. The molecule has 3 rings (SSSR count). The molecule has 1 saturated heterocycles. The van der Waals surface area contributed by atoms with E-state index >= 15 is 0 Å². The third kappa shape index (κ3) is 2.21. The second kappa shape index (κ2) is 4.84. The lowest BCUT2D eigenvalue weighted by Crippen LogP contribution is -2.34. The molecule has 0 aliphatic carbocycles. The lowest BCUT2D eigenvalue weighted by atomic mass is 10.0. The van der Waals surface area contributed by atoms with Crippen molar-refractivity contribution in [2.45, 2.75) is 13.0 Å². The van der Waals surface area contributed by atoms with Crippen LogP contribution in [0.1, 0.15) is 17.2 Å². The number of halogens is 1. The van der Waals surface area contributed by atoms with Crippen LogP contribution in [0.25, 0.3) is 10.9 Å². The monoisotopic (exact) mass is 262 g/mol. The van der Waals surface area contributed by atoms with Gasteiger partial charge in [-0.2, -0.15) is 0 Å². The highest BCUT2D eigenvalue weighted by molar-refractivity contribution is 6.30. The highest BCUT2D eigenvalue weighted by atomic mass is 35.5. The summed E-state index contributed by atoms with van der Waals surface area (Å²) in [5, 5.41) is 5.16. The molecule has 3 nitrogen and oxygen atoms in total. The number of aryl methyl sites for hydroxylation is 1. The lowest BCUT2D eigenvalue weighted by molar-refractivity contribution is 0.0769. The minimum Gasteiger partial charge on any atom is -0.378 e. The third-order valence-corrected chi connectivity index (χ3v) is 3.67. The van der Waals surface area contributed by atoms with Crippen molar-refractivity contribution in [3.05, 3.63) is 40.5 Å². The predicted molar refractivity (Wildman–Crippen MR) is 73.1 cm³/mol. The lowest BCUT2D eigenvalue weighted by Gasteiger charge is -2.24. The number of ether oxygens (including phenoxy) is 1. The first-order valence-corrected chi connectivity index (χ1v) is 6.50. The van der Waals surface area contributed by atoms with Crippen LogP contribution >= 0.6 is 11.6 Å². The zero-order chi connectivity index (χ0) is 12.5. The molecule has 0 saturated carbocycles. The zero-order valence-corrected chi connectivity index (χ0v) is 11.0. The average Bonchev–Trinajstić information content (AvgIpc) is 2.41. The Hall–Kier alpha value is -1.16. The summed E-state index contributed by atoms with van der Waals surface area (Å²) in [6.45, 7) is 4.40. The normalized spacial score (nSPS) is 20.2. The Balaban J connectivity index is 2.02. The number of nitrogens with zero attached hydrogens (tertiary/aromatic N) is 1. The van der Waals surface area contributed by atoms with Crippen molar-refractivity contribution in [3.8, 4) is 0 Å². The van der Waals surface area contributed by atoms with E-state index in [0.717, 1.165) is 36.2 Å². The summed E-state index contributed by atoms with van der Waals surface area (Å²) in [4.78, 5) is 4.38. The zero-order valence-electron chi connectivity index (χ0n) is 10.2. The van der Waals surface area contributed by atoms with Gasteiger partial charge in [-0.25, -0.2) is 4.98 Å². The van der Waals surface area contributed by atoms with Crippen LogP contribution in [0.4, 0.5) is 0 Å². The van der Waals surface area contributed by atoms with Gasteiger partial charge in [0.05, 0.1) is 24.8 Å². The summed E-state index contributed by atoms with van der Waals surface area (Å²) in [5.41, 5.74) is 3.19. The van der Waals surface area contributed by atoms with Gasteiger partial charge < -0.3 is 10.1 Å². The molecule has 0 radical (unpaired) electrons. The van der Waals surface area contributed by atoms with Crippen LogP contribution in [-0.2, 0) is 4.74 Å². The Morgan fingerprint density at radius 3 is 3.06 bits per heavy atom. The van der Waals surface area contributed by atoms with Gasteiger partial charge in [-0.05, 0) is 36.2 Å². The molecule has 4 heteroatoms. The van der Waals surface area contributed by atoms with E-state index in [9.17, 15) is 0 Å². The topological polar surface area (TPSA) is 34.1 Å². The SMILES string of the molecule is Cc1cc2cc(C3COCCN3)ccc2nc1Cl.